The number of anilines is 1. The number of hydrogen-bond donors (Lipinski definition) is 2. The minimum absolute atomic E-state index is 0.0391. The van der Waals surface area contributed by atoms with Crippen LogP contribution in [-0.2, 0) is 0 Å². The third-order valence-electron chi connectivity index (χ3n) is 2.36. The Balaban J connectivity index is 1.80. The molecule has 0 unspecified atom stereocenters. The Kier molecular flexibility index (Phi) is 3.09. The average molecular weight is 222 g/mol. The highest BCUT2D eigenvalue weighted by Crippen LogP contribution is 2.16. The van der Waals surface area contributed by atoms with Gasteiger partial charge in [0.25, 0.3) is 0 Å². The number of aromatic nitrogens is 1. The summed E-state index contributed by atoms with van der Waals surface area (Å²) in [6.45, 7) is 2.40. The molecule has 2 heterocycles. The van der Waals surface area contributed by atoms with E-state index in [1.807, 2.05) is 0 Å². The summed E-state index contributed by atoms with van der Waals surface area (Å²) in [6, 6.07) is 3.48. The molecule has 2 rings (SSSR count). The van der Waals surface area contributed by atoms with Crippen molar-refractivity contribution in [2.75, 3.05) is 32.0 Å². The van der Waals surface area contributed by atoms with Crippen LogP contribution in [-0.4, -0.2) is 42.2 Å². The van der Waals surface area contributed by atoms with Crippen molar-refractivity contribution in [2.45, 2.75) is 0 Å². The number of nitrogen functional groups attached to an aromatic ring is 1. The molecule has 0 saturated carbocycles. The molecule has 86 valence electrons. The molecule has 3 N–H and O–H groups in total. The molecule has 0 aliphatic carbocycles. The van der Waals surface area contributed by atoms with Crippen LogP contribution in [0.25, 0.3) is 0 Å². The number of amides is 2. The summed E-state index contributed by atoms with van der Waals surface area (Å²) >= 11 is 0. The van der Waals surface area contributed by atoms with Crippen LogP contribution in [0.3, 0.4) is 0 Å². The third-order valence-corrected chi connectivity index (χ3v) is 2.36. The lowest BCUT2D eigenvalue weighted by Crippen LogP contribution is -2.31. The van der Waals surface area contributed by atoms with Gasteiger partial charge < -0.3 is 20.7 Å². The normalized spacial score (nSPS) is 15.0. The van der Waals surface area contributed by atoms with Gasteiger partial charge in [-0.25, -0.2) is 9.78 Å². The van der Waals surface area contributed by atoms with Crippen LogP contribution in [0.1, 0.15) is 0 Å². The molecular formula is C10H14N4O2. The number of ether oxygens (including phenoxy) is 1. The van der Waals surface area contributed by atoms with Crippen LogP contribution in [0.4, 0.5) is 10.6 Å². The van der Waals surface area contributed by atoms with E-state index in [-0.39, 0.29) is 6.03 Å². The minimum Gasteiger partial charge on any atom is -0.488 e. The van der Waals surface area contributed by atoms with Crippen LogP contribution in [0.2, 0.25) is 0 Å². The van der Waals surface area contributed by atoms with Gasteiger partial charge in [0.15, 0.2) is 11.6 Å². The van der Waals surface area contributed by atoms with Gasteiger partial charge in [-0.15, -0.1) is 0 Å². The number of carbonyl (C=O) groups excluding carboxylic acids is 1. The third kappa shape index (κ3) is 2.33. The lowest BCUT2D eigenvalue weighted by Gasteiger charge is -2.14. The Morgan fingerprint density at radius 1 is 1.62 bits per heavy atom. The summed E-state index contributed by atoms with van der Waals surface area (Å²) in [5, 5.41) is 2.72. The predicted octanol–water partition coefficient (Wildman–Crippen LogP) is 0.0678. The fourth-order valence-corrected chi connectivity index (χ4v) is 1.52. The lowest BCUT2D eigenvalue weighted by atomic mass is 10.4. The summed E-state index contributed by atoms with van der Waals surface area (Å²) in [5.74, 6) is 0.926. The molecule has 1 fully saturated rings. The Bertz CT molecular complexity index is 383. The number of nitrogens with two attached hydrogens (primary N) is 1. The maximum Gasteiger partial charge on any atom is 0.317 e. The topological polar surface area (TPSA) is 80.5 Å². The summed E-state index contributed by atoms with van der Waals surface area (Å²) in [7, 11) is 0. The maximum atomic E-state index is 11.2. The molecule has 1 aromatic rings. The zero-order chi connectivity index (χ0) is 11.4. The lowest BCUT2D eigenvalue weighted by molar-refractivity contribution is 0.203. The number of rotatable bonds is 4. The second-order valence-electron chi connectivity index (χ2n) is 3.45. The van der Waals surface area contributed by atoms with Gasteiger partial charge in [0.2, 0.25) is 0 Å². The molecule has 0 atom stereocenters. The van der Waals surface area contributed by atoms with Crippen molar-refractivity contribution in [2.24, 2.45) is 0 Å². The van der Waals surface area contributed by atoms with Gasteiger partial charge in [0.1, 0.15) is 6.61 Å². The van der Waals surface area contributed by atoms with Crippen LogP contribution in [0.15, 0.2) is 18.3 Å². The molecule has 0 spiro atoms. The summed E-state index contributed by atoms with van der Waals surface area (Å²) in [6.07, 6.45) is 1.61. The van der Waals surface area contributed by atoms with E-state index in [2.05, 4.69) is 10.3 Å². The molecule has 6 nitrogen and oxygen atoms in total. The highest BCUT2D eigenvalue weighted by Gasteiger charge is 2.18. The predicted molar refractivity (Wildman–Crippen MR) is 59.1 cm³/mol. The van der Waals surface area contributed by atoms with E-state index in [1.165, 1.54) is 0 Å². The summed E-state index contributed by atoms with van der Waals surface area (Å²) in [4.78, 5) is 16.8. The van der Waals surface area contributed by atoms with E-state index >= 15 is 0 Å². The highest BCUT2D eigenvalue weighted by atomic mass is 16.5. The van der Waals surface area contributed by atoms with Gasteiger partial charge in [-0.05, 0) is 12.1 Å². The first kappa shape index (κ1) is 10.5. The number of hydrogen-bond acceptors (Lipinski definition) is 4. The van der Waals surface area contributed by atoms with Gasteiger partial charge in [-0.2, -0.15) is 0 Å². The Hall–Kier alpha value is -1.98. The molecule has 1 saturated heterocycles. The van der Waals surface area contributed by atoms with Crippen LogP contribution < -0.4 is 15.8 Å². The van der Waals surface area contributed by atoms with Crippen molar-refractivity contribution in [3.8, 4) is 5.75 Å². The van der Waals surface area contributed by atoms with Gasteiger partial charge >= 0.3 is 6.03 Å². The van der Waals surface area contributed by atoms with Crippen LogP contribution in [0, 0.1) is 0 Å². The van der Waals surface area contributed by atoms with Gasteiger partial charge in [-0.1, -0.05) is 0 Å². The molecule has 1 aliphatic heterocycles. The van der Waals surface area contributed by atoms with Crippen molar-refractivity contribution >= 4 is 11.8 Å². The number of nitrogens with one attached hydrogen (secondary N) is 1. The smallest absolute Gasteiger partial charge is 0.317 e. The largest absolute Gasteiger partial charge is 0.488 e. The van der Waals surface area contributed by atoms with Crippen molar-refractivity contribution in [3.63, 3.8) is 0 Å². The van der Waals surface area contributed by atoms with Crippen molar-refractivity contribution < 1.29 is 9.53 Å². The number of pyridine rings is 1. The zero-order valence-corrected chi connectivity index (χ0v) is 8.85. The summed E-state index contributed by atoms with van der Waals surface area (Å²) < 4.78 is 5.44. The van der Waals surface area contributed by atoms with E-state index in [0.29, 0.717) is 31.3 Å². The first-order chi connectivity index (χ1) is 7.77. The van der Waals surface area contributed by atoms with Crippen LogP contribution >= 0.6 is 0 Å². The van der Waals surface area contributed by atoms with Gasteiger partial charge in [-0.3, -0.25) is 0 Å². The first-order valence-corrected chi connectivity index (χ1v) is 5.13. The first-order valence-electron chi connectivity index (χ1n) is 5.13. The van der Waals surface area contributed by atoms with Gasteiger partial charge in [0.05, 0.1) is 6.54 Å². The number of carbonyl (C=O) groups is 1. The van der Waals surface area contributed by atoms with Crippen molar-refractivity contribution in [1.82, 2.24) is 15.2 Å². The molecule has 1 aliphatic rings. The molecule has 2 amide bonds. The molecule has 0 bridgehead atoms. The summed E-state index contributed by atoms with van der Waals surface area (Å²) in [5.41, 5.74) is 5.61. The maximum absolute atomic E-state index is 11.2. The van der Waals surface area contributed by atoms with E-state index in [4.69, 9.17) is 10.5 Å². The van der Waals surface area contributed by atoms with Crippen LogP contribution in [0.5, 0.6) is 5.75 Å². The average Bonchev–Trinajstić information content (AvgIpc) is 2.67. The molecule has 6 heteroatoms. The molecule has 1 aromatic heterocycles. The van der Waals surface area contributed by atoms with E-state index in [9.17, 15) is 4.79 Å². The second kappa shape index (κ2) is 4.69. The Labute approximate surface area is 93.4 Å². The van der Waals surface area contributed by atoms with Crippen molar-refractivity contribution in [3.05, 3.63) is 18.3 Å². The van der Waals surface area contributed by atoms with E-state index in [1.54, 1.807) is 23.2 Å². The molecule has 0 aromatic carbocycles. The minimum atomic E-state index is -0.0391. The fourth-order valence-electron chi connectivity index (χ4n) is 1.52. The van der Waals surface area contributed by atoms with E-state index in [0.717, 1.165) is 6.54 Å². The van der Waals surface area contributed by atoms with Crippen molar-refractivity contribution in [1.29, 1.82) is 0 Å². The van der Waals surface area contributed by atoms with E-state index < -0.39 is 0 Å². The number of urea groups is 1. The molecule has 0 radical (unpaired) electrons. The highest BCUT2D eigenvalue weighted by molar-refractivity contribution is 5.76. The quantitative estimate of drug-likeness (QED) is 0.755. The standard InChI is InChI=1S/C10H14N4O2/c11-9-8(2-1-3-12-9)16-7-6-14-5-4-13-10(14)15/h1-3H,4-7H2,(H2,11,12)(H,13,15). The zero-order valence-electron chi connectivity index (χ0n) is 8.85. The van der Waals surface area contributed by atoms with Gasteiger partial charge in [0, 0.05) is 19.3 Å². The Morgan fingerprint density at radius 3 is 3.19 bits per heavy atom. The SMILES string of the molecule is Nc1ncccc1OCCN1CCNC1=O. The molecular weight excluding hydrogens is 208 g/mol. The monoisotopic (exact) mass is 222 g/mol. The Morgan fingerprint density at radius 2 is 2.50 bits per heavy atom. The fraction of sp³-hybridized carbons (Fsp3) is 0.400. The number of nitrogens with zero attached hydrogens (tertiary/aromatic N) is 2. The molecule has 16 heavy (non-hydrogen) atoms. The second-order valence-corrected chi connectivity index (χ2v) is 3.45.